The summed E-state index contributed by atoms with van der Waals surface area (Å²) in [5, 5.41) is 2.01. The lowest BCUT2D eigenvalue weighted by molar-refractivity contribution is -0.683. The van der Waals surface area contributed by atoms with Crippen LogP contribution in [0.5, 0.6) is 0 Å². The van der Waals surface area contributed by atoms with Crippen LogP contribution < -0.4 is 21.5 Å². The molecule has 3 nitrogen and oxygen atoms in total. The first kappa shape index (κ1) is 19.6. The van der Waals surface area contributed by atoms with Crippen LogP contribution in [0.4, 0.5) is 0 Å². The molecule has 0 bridgehead atoms. The lowest BCUT2D eigenvalue weighted by Crippen LogP contribution is -3.00. The maximum absolute atomic E-state index is 12.8. The van der Waals surface area contributed by atoms with Gasteiger partial charge in [-0.25, -0.2) is 0 Å². The number of hydrogen-bond acceptors (Lipinski definition) is 2. The van der Waals surface area contributed by atoms with Crippen molar-refractivity contribution in [3.05, 3.63) is 114 Å². The largest absolute Gasteiger partial charge is 1.00 e. The van der Waals surface area contributed by atoms with E-state index in [1.165, 1.54) is 0 Å². The summed E-state index contributed by atoms with van der Waals surface area (Å²) >= 11 is 0. The highest BCUT2D eigenvalue weighted by atomic mass is 79.9. The quantitative estimate of drug-likeness (QED) is 0.352. The topological polar surface area (TPSA) is 38.0 Å². The number of hydrogen-bond donors (Lipinski definition) is 0. The van der Waals surface area contributed by atoms with Crippen molar-refractivity contribution >= 4 is 22.3 Å². The highest BCUT2D eigenvalue weighted by molar-refractivity contribution is 6.09. The van der Waals surface area contributed by atoms with Crippen LogP contribution in [-0.2, 0) is 6.54 Å². The van der Waals surface area contributed by atoms with Crippen molar-refractivity contribution in [1.82, 2.24) is 0 Å². The lowest BCUT2D eigenvalue weighted by Gasteiger charge is -2.04. The van der Waals surface area contributed by atoms with Crippen molar-refractivity contribution in [2.75, 3.05) is 0 Å². The molecule has 138 valence electrons. The Bertz CT molecular complexity index is 1120. The van der Waals surface area contributed by atoms with Crippen LogP contribution in [0.3, 0.4) is 0 Å². The van der Waals surface area contributed by atoms with E-state index < -0.39 is 0 Å². The zero-order valence-electron chi connectivity index (χ0n) is 15.1. The Kier molecular flexibility index (Phi) is 6.12. The van der Waals surface area contributed by atoms with Gasteiger partial charge in [-0.1, -0.05) is 72.8 Å². The van der Waals surface area contributed by atoms with E-state index in [-0.39, 0.29) is 35.1 Å². The summed E-state index contributed by atoms with van der Waals surface area (Å²) in [6.45, 7) is 0.230. The third kappa shape index (κ3) is 4.07. The molecule has 0 atom stereocenters. The second-order valence-electron chi connectivity index (χ2n) is 6.40. The molecule has 4 aromatic rings. The van der Waals surface area contributed by atoms with E-state index in [1.807, 2.05) is 60.7 Å². The van der Waals surface area contributed by atoms with Gasteiger partial charge < -0.3 is 17.0 Å². The molecule has 4 rings (SSSR count). The Hall–Kier alpha value is -3.11. The predicted octanol–water partition coefficient (Wildman–Crippen LogP) is 1.25. The molecule has 0 saturated carbocycles. The van der Waals surface area contributed by atoms with E-state index in [4.69, 9.17) is 0 Å². The first-order chi connectivity index (χ1) is 13.2. The van der Waals surface area contributed by atoms with Crippen molar-refractivity contribution in [2.24, 2.45) is 0 Å². The van der Waals surface area contributed by atoms with Gasteiger partial charge in [0.1, 0.15) is 0 Å². The molecule has 3 aromatic carbocycles. The van der Waals surface area contributed by atoms with Crippen LogP contribution in [0, 0.1) is 0 Å². The van der Waals surface area contributed by atoms with Crippen LogP contribution in [-0.4, -0.2) is 11.6 Å². The van der Waals surface area contributed by atoms with E-state index in [0.717, 1.165) is 10.8 Å². The number of carbonyl (C=O) groups is 2. The van der Waals surface area contributed by atoms with E-state index in [2.05, 4.69) is 0 Å². The van der Waals surface area contributed by atoms with Crippen LogP contribution in [0.15, 0.2) is 97.3 Å². The number of rotatable bonds is 5. The van der Waals surface area contributed by atoms with Crippen LogP contribution in [0.2, 0.25) is 0 Å². The molecule has 1 aromatic heterocycles. The second kappa shape index (κ2) is 8.72. The summed E-state index contributed by atoms with van der Waals surface area (Å²) in [6, 6.07) is 26.3. The van der Waals surface area contributed by atoms with Crippen molar-refractivity contribution in [2.45, 2.75) is 6.54 Å². The molecule has 1 heterocycles. The predicted molar refractivity (Wildman–Crippen MR) is 105 cm³/mol. The van der Waals surface area contributed by atoms with Gasteiger partial charge in [0, 0.05) is 28.8 Å². The maximum Gasteiger partial charge on any atom is 0.228 e. The number of pyridine rings is 1. The minimum Gasteiger partial charge on any atom is -1.00 e. The highest BCUT2D eigenvalue weighted by Crippen LogP contribution is 2.19. The second-order valence-corrected chi connectivity index (χ2v) is 6.40. The number of halogens is 1. The molecular formula is C24H18BrNO2. The van der Waals surface area contributed by atoms with E-state index >= 15 is 0 Å². The molecule has 0 aliphatic rings. The summed E-state index contributed by atoms with van der Waals surface area (Å²) < 4.78 is 1.80. The summed E-state index contributed by atoms with van der Waals surface area (Å²) in [4.78, 5) is 25.3. The van der Waals surface area contributed by atoms with Gasteiger partial charge in [0.15, 0.2) is 18.2 Å². The van der Waals surface area contributed by atoms with Crippen molar-refractivity contribution < 1.29 is 31.1 Å². The minimum absolute atomic E-state index is 0. The standard InChI is InChI=1S/C24H18NO2.BrH/c26-23(22-12-6-10-18-7-4-5-11-21(18)22)17-25-15-13-20(14-16-25)24(27)19-8-2-1-3-9-19;/h1-16H,17H2;1H/q+1;/p-1. The molecule has 0 radical (unpaired) electrons. The molecule has 0 amide bonds. The lowest BCUT2D eigenvalue weighted by atomic mass is 10.0. The first-order valence-electron chi connectivity index (χ1n) is 8.82. The number of Topliss-reactive ketones (excluding diaryl/α,β-unsaturated/α-hetero) is 1. The number of aromatic nitrogens is 1. The molecule has 0 saturated heterocycles. The maximum atomic E-state index is 12.8. The molecule has 0 unspecified atom stereocenters. The van der Waals surface area contributed by atoms with E-state index in [1.54, 1.807) is 41.2 Å². The molecule has 4 heteroatoms. The van der Waals surface area contributed by atoms with Gasteiger partial charge in [0.05, 0.1) is 0 Å². The van der Waals surface area contributed by atoms with Gasteiger partial charge in [-0.2, -0.15) is 4.57 Å². The first-order valence-corrected chi connectivity index (χ1v) is 8.82. The van der Waals surface area contributed by atoms with Crippen LogP contribution >= 0.6 is 0 Å². The fourth-order valence-corrected chi connectivity index (χ4v) is 3.19. The van der Waals surface area contributed by atoms with Gasteiger partial charge in [-0.05, 0) is 10.8 Å². The fourth-order valence-electron chi connectivity index (χ4n) is 3.19. The molecule has 28 heavy (non-hydrogen) atoms. The number of ketones is 2. The number of carbonyl (C=O) groups excluding carboxylic acids is 2. The summed E-state index contributed by atoms with van der Waals surface area (Å²) in [7, 11) is 0. The Balaban J connectivity index is 0.00000225. The minimum atomic E-state index is -0.0249. The zero-order chi connectivity index (χ0) is 18.6. The summed E-state index contributed by atoms with van der Waals surface area (Å²) in [5.74, 6) is 0.0158. The van der Waals surface area contributed by atoms with Gasteiger partial charge >= 0.3 is 0 Å². The highest BCUT2D eigenvalue weighted by Gasteiger charge is 2.16. The number of nitrogens with zero attached hydrogens (tertiary/aromatic N) is 1. The zero-order valence-corrected chi connectivity index (χ0v) is 16.7. The number of benzene rings is 3. The molecule has 0 aliphatic carbocycles. The third-order valence-electron chi connectivity index (χ3n) is 4.61. The molecule has 0 aliphatic heterocycles. The van der Waals surface area contributed by atoms with E-state index in [9.17, 15) is 9.59 Å². The Labute approximate surface area is 174 Å². The van der Waals surface area contributed by atoms with Gasteiger partial charge in [-0.3, -0.25) is 9.59 Å². The average molecular weight is 432 g/mol. The third-order valence-corrected chi connectivity index (χ3v) is 4.61. The Morgan fingerprint density at radius 3 is 2.04 bits per heavy atom. The fraction of sp³-hybridized carbons (Fsp3) is 0.0417. The monoisotopic (exact) mass is 431 g/mol. The van der Waals surface area contributed by atoms with Crippen molar-refractivity contribution in [3.8, 4) is 0 Å². The number of fused-ring (bicyclic) bond motifs is 1. The summed E-state index contributed by atoms with van der Waals surface area (Å²) in [6.07, 6.45) is 3.55. The van der Waals surface area contributed by atoms with Crippen LogP contribution in [0.1, 0.15) is 26.3 Å². The average Bonchev–Trinajstić information content (AvgIpc) is 2.74. The molecular weight excluding hydrogens is 414 g/mol. The smallest absolute Gasteiger partial charge is 0.228 e. The van der Waals surface area contributed by atoms with Crippen molar-refractivity contribution in [1.29, 1.82) is 0 Å². The SMILES string of the molecule is O=C(c1ccccc1)c1cc[n+](CC(=O)c2cccc3ccccc23)cc1.[Br-]. The van der Waals surface area contributed by atoms with Crippen molar-refractivity contribution in [3.63, 3.8) is 0 Å². The molecule has 0 spiro atoms. The van der Waals surface area contributed by atoms with E-state index in [0.29, 0.717) is 16.7 Å². The van der Waals surface area contributed by atoms with Crippen LogP contribution in [0.25, 0.3) is 10.8 Å². The molecule has 0 fully saturated rings. The normalized spacial score (nSPS) is 10.3. The Morgan fingerprint density at radius 2 is 1.29 bits per heavy atom. The van der Waals surface area contributed by atoms with Gasteiger partial charge in [0.25, 0.3) is 0 Å². The summed E-state index contributed by atoms with van der Waals surface area (Å²) in [5.41, 5.74) is 1.97. The Morgan fingerprint density at radius 1 is 0.679 bits per heavy atom. The van der Waals surface area contributed by atoms with Gasteiger partial charge in [0.2, 0.25) is 12.3 Å². The van der Waals surface area contributed by atoms with Gasteiger partial charge in [-0.15, -0.1) is 0 Å². The molecule has 0 N–H and O–H groups in total.